The Labute approximate surface area is 134 Å². The molecule has 0 aliphatic heterocycles. The molecule has 0 aliphatic rings. The zero-order valence-electron chi connectivity index (χ0n) is 11.1. The molecule has 0 aliphatic carbocycles. The number of amides is 1. The maximum atomic E-state index is 12.0. The SMILES string of the molecule is CC(C)C(C)(CN)NC(=O)c1ccc(Br)cn1.Cl.Cl. The second-order valence-electron chi connectivity index (χ2n) is 4.59. The van der Waals surface area contributed by atoms with Crippen LogP contribution in [0.1, 0.15) is 31.3 Å². The summed E-state index contributed by atoms with van der Waals surface area (Å²) in [6, 6.07) is 3.47. The Morgan fingerprint density at radius 3 is 2.42 bits per heavy atom. The lowest BCUT2D eigenvalue weighted by Crippen LogP contribution is -2.55. The number of hydrogen-bond donors (Lipinski definition) is 2. The molecule has 0 aromatic carbocycles. The van der Waals surface area contributed by atoms with Gasteiger partial charge in [0.2, 0.25) is 0 Å². The molecule has 1 atom stereocenters. The number of nitrogens with two attached hydrogens (primary N) is 1. The van der Waals surface area contributed by atoms with E-state index >= 15 is 0 Å². The third-order valence-corrected chi connectivity index (χ3v) is 3.53. The number of halogens is 3. The van der Waals surface area contributed by atoms with Crippen molar-refractivity contribution in [1.29, 1.82) is 0 Å². The van der Waals surface area contributed by atoms with Gasteiger partial charge in [0.15, 0.2) is 0 Å². The zero-order chi connectivity index (χ0) is 13.1. The number of aromatic nitrogens is 1. The summed E-state index contributed by atoms with van der Waals surface area (Å²) in [7, 11) is 0. The van der Waals surface area contributed by atoms with Crippen molar-refractivity contribution < 1.29 is 4.79 Å². The monoisotopic (exact) mass is 371 g/mol. The Hall–Kier alpha value is -0.360. The molecule has 1 unspecified atom stereocenters. The van der Waals surface area contributed by atoms with E-state index in [0.717, 1.165) is 4.47 Å². The molecule has 110 valence electrons. The van der Waals surface area contributed by atoms with Gasteiger partial charge >= 0.3 is 0 Å². The lowest BCUT2D eigenvalue weighted by Gasteiger charge is -2.33. The van der Waals surface area contributed by atoms with Gasteiger partial charge in [0.25, 0.3) is 5.91 Å². The maximum Gasteiger partial charge on any atom is 0.270 e. The van der Waals surface area contributed by atoms with Gasteiger partial charge in [-0.2, -0.15) is 0 Å². The third-order valence-electron chi connectivity index (χ3n) is 3.06. The number of nitrogens with zero attached hydrogens (tertiary/aromatic N) is 1. The molecule has 0 fully saturated rings. The summed E-state index contributed by atoms with van der Waals surface area (Å²) in [5, 5.41) is 2.94. The molecular weight excluding hydrogens is 353 g/mol. The largest absolute Gasteiger partial charge is 0.344 e. The van der Waals surface area contributed by atoms with Gasteiger partial charge in [-0.1, -0.05) is 13.8 Å². The van der Waals surface area contributed by atoms with Crippen molar-refractivity contribution in [1.82, 2.24) is 10.3 Å². The van der Waals surface area contributed by atoms with Crippen LogP contribution in [0.15, 0.2) is 22.8 Å². The van der Waals surface area contributed by atoms with Crippen LogP contribution in [-0.4, -0.2) is 23.0 Å². The quantitative estimate of drug-likeness (QED) is 0.853. The van der Waals surface area contributed by atoms with E-state index in [1.807, 2.05) is 20.8 Å². The molecule has 1 aromatic heterocycles. The van der Waals surface area contributed by atoms with E-state index in [-0.39, 0.29) is 36.6 Å². The highest BCUT2D eigenvalue weighted by Gasteiger charge is 2.29. The van der Waals surface area contributed by atoms with Crippen molar-refractivity contribution in [3.63, 3.8) is 0 Å². The fraction of sp³-hybridized carbons (Fsp3) is 0.500. The van der Waals surface area contributed by atoms with Crippen molar-refractivity contribution in [2.75, 3.05) is 6.54 Å². The van der Waals surface area contributed by atoms with E-state index in [9.17, 15) is 4.79 Å². The predicted octanol–water partition coefficient (Wildman–Crippen LogP) is 2.79. The van der Waals surface area contributed by atoms with Crippen molar-refractivity contribution in [3.8, 4) is 0 Å². The van der Waals surface area contributed by atoms with Crippen LogP contribution in [0, 0.1) is 5.92 Å². The van der Waals surface area contributed by atoms with Gasteiger partial charge in [-0.15, -0.1) is 24.8 Å². The van der Waals surface area contributed by atoms with Gasteiger partial charge in [0.1, 0.15) is 5.69 Å². The molecule has 4 nitrogen and oxygen atoms in total. The molecule has 1 aromatic rings. The molecule has 0 bridgehead atoms. The Morgan fingerprint density at radius 2 is 2.05 bits per heavy atom. The molecule has 1 heterocycles. The van der Waals surface area contributed by atoms with Crippen LogP contribution in [0.25, 0.3) is 0 Å². The number of nitrogens with one attached hydrogen (secondary N) is 1. The first-order valence-electron chi connectivity index (χ1n) is 5.53. The van der Waals surface area contributed by atoms with E-state index in [4.69, 9.17) is 5.73 Å². The molecule has 0 radical (unpaired) electrons. The molecule has 1 rings (SSSR count). The summed E-state index contributed by atoms with van der Waals surface area (Å²) >= 11 is 3.28. The van der Waals surface area contributed by atoms with Crippen LogP contribution >= 0.6 is 40.7 Å². The van der Waals surface area contributed by atoms with Crippen LogP contribution in [0.2, 0.25) is 0 Å². The van der Waals surface area contributed by atoms with Crippen LogP contribution in [0.4, 0.5) is 0 Å². The van der Waals surface area contributed by atoms with Gasteiger partial charge in [-0.05, 0) is 40.9 Å². The summed E-state index contributed by atoms with van der Waals surface area (Å²) < 4.78 is 0.847. The fourth-order valence-electron chi connectivity index (χ4n) is 1.26. The highest BCUT2D eigenvalue weighted by molar-refractivity contribution is 9.10. The number of pyridine rings is 1. The zero-order valence-corrected chi connectivity index (χ0v) is 14.4. The summed E-state index contributed by atoms with van der Waals surface area (Å²) in [4.78, 5) is 16.0. The van der Waals surface area contributed by atoms with Crippen molar-refractivity contribution in [2.24, 2.45) is 11.7 Å². The molecule has 0 spiro atoms. The average molecular weight is 373 g/mol. The highest BCUT2D eigenvalue weighted by Crippen LogP contribution is 2.16. The smallest absolute Gasteiger partial charge is 0.270 e. The highest BCUT2D eigenvalue weighted by atomic mass is 79.9. The summed E-state index contributed by atoms with van der Waals surface area (Å²) in [5.74, 6) is 0.0612. The Balaban J connectivity index is 0. The topological polar surface area (TPSA) is 68.0 Å². The van der Waals surface area contributed by atoms with Gasteiger partial charge < -0.3 is 11.1 Å². The average Bonchev–Trinajstić information content (AvgIpc) is 2.29. The van der Waals surface area contributed by atoms with E-state index in [1.54, 1.807) is 18.3 Å². The van der Waals surface area contributed by atoms with E-state index < -0.39 is 5.54 Å². The normalized spacial score (nSPS) is 12.9. The van der Waals surface area contributed by atoms with Crippen molar-refractivity contribution >= 4 is 46.7 Å². The minimum Gasteiger partial charge on any atom is -0.344 e. The Kier molecular flexibility index (Phi) is 9.64. The Morgan fingerprint density at radius 1 is 1.47 bits per heavy atom. The Bertz CT molecular complexity index is 400. The molecule has 7 heteroatoms. The van der Waals surface area contributed by atoms with Crippen LogP contribution in [0.5, 0.6) is 0 Å². The van der Waals surface area contributed by atoms with Crippen LogP contribution in [0.3, 0.4) is 0 Å². The number of rotatable bonds is 4. The molecule has 19 heavy (non-hydrogen) atoms. The first kappa shape index (κ1) is 20.9. The van der Waals surface area contributed by atoms with Gasteiger partial charge in [-0.3, -0.25) is 4.79 Å². The second-order valence-corrected chi connectivity index (χ2v) is 5.51. The first-order valence-corrected chi connectivity index (χ1v) is 6.32. The van der Waals surface area contributed by atoms with E-state index in [2.05, 4.69) is 26.2 Å². The van der Waals surface area contributed by atoms with Gasteiger partial charge in [-0.25, -0.2) is 4.98 Å². The predicted molar refractivity (Wildman–Crippen MR) is 86.2 cm³/mol. The minimum absolute atomic E-state index is 0. The first-order chi connectivity index (χ1) is 7.89. The number of hydrogen-bond acceptors (Lipinski definition) is 3. The van der Waals surface area contributed by atoms with Crippen LogP contribution in [-0.2, 0) is 0 Å². The van der Waals surface area contributed by atoms with Gasteiger partial charge in [0.05, 0.1) is 5.54 Å². The molecule has 3 N–H and O–H groups in total. The summed E-state index contributed by atoms with van der Waals surface area (Å²) in [6.07, 6.45) is 1.60. The van der Waals surface area contributed by atoms with E-state index in [1.165, 1.54) is 0 Å². The molecule has 0 saturated carbocycles. The number of carbonyl (C=O) groups is 1. The maximum absolute atomic E-state index is 12.0. The van der Waals surface area contributed by atoms with Crippen molar-refractivity contribution in [3.05, 3.63) is 28.5 Å². The number of carbonyl (C=O) groups excluding carboxylic acids is 1. The lowest BCUT2D eigenvalue weighted by molar-refractivity contribution is 0.0878. The molecule has 0 saturated heterocycles. The molecule has 1 amide bonds. The van der Waals surface area contributed by atoms with Crippen molar-refractivity contribution in [2.45, 2.75) is 26.3 Å². The summed E-state index contributed by atoms with van der Waals surface area (Å²) in [5.41, 5.74) is 5.70. The molecular formula is C12H20BrCl2N3O. The van der Waals surface area contributed by atoms with Crippen LogP contribution < -0.4 is 11.1 Å². The van der Waals surface area contributed by atoms with Gasteiger partial charge in [0, 0.05) is 17.2 Å². The van der Waals surface area contributed by atoms with E-state index in [0.29, 0.717) is 12.2 Å². The third kappa shape index (κ3) is 5.65. The standard InChI is InChI=1S/C12H18BrN3O.2ClH/c1-8(2)12(3,7-14)16-11(17)10-5-4-9(13)6-15-10;;/h4-6,8H,7,14H2,1-3H3,(H,16,17);2*1H. The fourth-order valence-corrected chi connectivity index (χ4v) is 1.50. The minimum atomic E-state index is -0.411. The second kappa shape index (κ2) is 8.74. The summed E-state index contributed by atoms with van der Waals surface area (Å²) in [6.45, 7) is 6.39. The lowest BCUT2D eigenvalue weighted by atomic mass is 9.88.